The maximum absolute atomic E-state index is 9.97. The van der Waals surface area contributed by atoms with Gasteiger partial charge < -0.3 is 5.11 Å². The molecule has 78 valence electrons. The molecule has 1 atom stereocenters. The molecule has 0 saturated carbocycles. The summed E-state index contributed by atoms with van der Waals surface area (Å²) >= 11 is 1.85. The molecular weight excluding hydrogens is 192 g/mol. The molecular formula is C12H18OS. The molecule has 0 fully saturated rings. The Bertz CT molecular complexity index is 303. The minimum absolute atomic E-state index is 0.210. The lowest BCUT2D eigenvalue weighted by Crippen LogP contribution is -2.04. The Balaban J connectivity index is 2.21. The zero-order valence-electron chi connectivity index (χ0n) is 8.75. The third-order valence-electron chi connectivity index (χ3n) is 3.01. The van der Waals surface area contributed by atoms with Gasteiger partial charge in [-0.05, 0) is 48.6 Å². The molecule has 1 aromatic heterocycles. The second kappa shape index (κ2) is 4.45. The van der Waals surface area contributed by atoms with E-state index in [0.717, 1.165) is 12.8 Å². The first-order chi connectivity index (χ1) is 6.83. The highest BCUT2D eigenvalue weighted by atomic mass is 32.1. The normalized spacial score (nSPS) is 17.9. The summed E-state index contributed by atoms with van der Waals surface area (Å²) in [5, 5.41) is 12.1. The van der Waals surface area contributed by atoms with Crippen LogP contribution in [-0.4, -0.2) is 5.11 Å². The standard InChI is InChI=1S/C12H18OS/c1-2-5-11(13)10-8-14-12-7-4-3-6-9(10)12/h8,11,13H,2-7H2,1H3. The quantitative estimate of drug-likeness (QED) is 0.810. The van der Waals surface area contributed by atoms with Gasteiger partial charge in [-0.25, -0.2) is 0 Å². The molecule has 1 heterocycles. The fourth-order valence-corrected chi connectivity index (χ4v) is 3.42. The number of hydrogen-bond acceptors (Lipinski definition) is 2. The van der Waals surface area contributed by atoms with Gasteiger partial charge in [-0.2, -0.15) is 0 Å². The average Bonchev–Trinajstić information content (AvgIpc) is 2.61. The molecule has 1 aliphatic carbocycles. The van der Waals surface area contributed by atoms with Crippen molar-refractivity contribution in [3.8, 4) is 0 Å². The van der Waals surface area contributed by atoms with Gasteiger partial charge in [0.15, 0.2) is 0 Å². The second-order valence-electron chi connectivity index (χ2n) is 4.10. The van der Waals surface area contributed by atoms with E-state index in [1.807, 2.05) is 11.3 Å². The molecule has 1 aromatic rings. The topological polar surface area (TPSA) is 20.2 Å². The minimum atomic E-state index is -0.210. The number of thiophene rings is 1. The van der Waals surface area contributed by atoms with E-state index in [1.165, 1.54) is 41.7 Å². The Hall–Kier alpha value is -0.340. The fourth-order valence-electron chi connectivity index (χ4n) is 2.23. The van der Waals surface area contributed by atoms with Crippen LogP contribution in [-0.2, 0) is 12.8 Å². The van der Waals surface area contributed by atoms with Gasteiger partial charge in [-0.3, -0.25) is 0 Å². The Morgan fingerprint density at radius 3 is 3.00 bits per heavy atom. The van der Waals surface area contributed by atoms with E-state index in [2.05, 4.69) is 12.3 Å². The third-order valence-corrected chi connectivity index (χ3v) is 4.12. The zero-order valence-corrected chi connectivity index (χ0v) is 9.57. The molecule has 0 aromatic carbocycles. The van der Waals surface area contributed by atoms with E-state index in [0.29, 0.717) is 0 Å². The van der Waals surface area contributed by atoms with Crippen LogP contribution in [0.25, 0.3) is 0 Å². The predicted molar refractivity (Wildman–Crippen MR) is 60.8 cm³/mol. The zero-order chi connectivity index (χ0) is 9.97. The third kappa shape index (κ3) is 1.86. The van der Waals surface area contributed by atoms with Crippen LogP contribution in [0.5, 0.6) is 0 Å². The van der Waals surface area contributed by atoms with Crippen molar-refractivity contribution in [2.75, 3.05) is 0 Å². The average molecular weight is 210 g/mol. The molecule has 2 heteroatoms. The molecule has 2 rings (SSSR count). The summed E-state index contributed by atoms with van der Waals surface area (Å²) in [5.74, 6) is 0. The van der Waals surface area contributed by atoms with E-state index in [9.17, 15) is 5.11 Å². The van der Waals surface area contributed by atoms with Crippen LogP contribution >= 0.6 is 11.3 Å². The van der Waals surface area contributed by atoms with E-state index in [-0.39, 0.29) is 6.10 Å². The molecule has 1 N–H and O–H groups in total. The van der Waals surface area contributed by atoms with Crippen molar-refractivity contribution in [1.82, 2.24) is 0 Å². The summed E-state index contributed by atoms with van der Waals surface area (Å²) in [5.41, 5.74) is 2.70. The Morgan fingerprint density at radius 1 is 1.43 bits per heavy atom. The van der Waals surface area contributed by atoms with Crippen LogP contribution in [0.15, 0.2) is 5.38 Å². The molecule has 1 unspecified atom stereocenters. The van der Waals surface area contributed by atoms with Gasteiger partial charge >= 0.3 is 0 Å². The van der Waals surface area contributed by atoms with Crippen LogP contribution in [0, 0.1) is 0 Å². The van der Waals surface area contributed by atoms with Gasteiger partial charge in [0.2, 0.25) is 0 Å². The second-order valence-corrected chi connectivity index (χ2v) is 5.07. The van der Waals surface area contributed by atoms with Crippen LogP contribution in [0.4, 0.5) is 0 Å². The van der Waals surface area contributed by atoms with Crippen molar-refractivity contribution in [3.63, 3.8) is 0 Å². The molecule has 1 aliphatic rings. The highest BCUT2D eigenvalue weighted by Crippen LogP contribution is 2.34. The molecule has 0 radical (unpaired) electrons. The van der Waals surface area contributed by atoms with Crippen molar-refractivity contribution in [3.05, 3.63) is 21.4 Å². The Kier molecular flexibility index (Phi) is 3.24. The van der Waals surface area contributed by atoms with Crippen LogP contribution in [0.1, 0.15) is 54.7 Å². The van der Waals surface area contributed by atoms with E-state index in [1.54, 1.807) is 0 Å². The smallest absolute Gasteiger partial charge is 0.0800 e. The summed E-state index contributed by atoms with van der Waals surface area (Å²) in [7, 11) is 0. The summed E-state index contributed by atoms with van der Waals surface area (Å²) in [6.07, 6.45) is 6.81. The number of aliphatic hydroxyl groups is 1. The molecule has 0 spiro atoms. The highest BCUT2D eigenvalue weighted by Gasteiger charge is 2.19. The minimum Gasteiger partial charge on any atom is -0.388 e. The van der Waals surface area contributed by atoms with Crippen molar-refractivity contribution in [1.29, 1.82) is 0 Å². The number of hydrogen-bond donors (Lipinski definition) is 1. The van der Waals surface area contributed by atoms with Gasteiger partial charge in [-0.1, -0.05) is 13.3 Å². The fraction of sp³-hybridized carbons (Fsp3) is 0.667. The van der Waals surface area contributed by atoms with Crippen molar-refractivity contribution < 1.29 is 5.11 Å². The van der Waals surface area contributed by atoms with Crippen molar-refractivity contribution >= 4 is 11.3 Å². The number of aryl methyl sites for hydroxylation is 1. The van der Waals surface area contributed by atoms with Gasteiger partial charge in [0, 0.05) is 4.88 Å². The molecule has 0 aliphatic heterocycles. The first-order valence-corrected chi connectivity index (χ1v) is 6.48. The molecule has 0 amide bonds. The van der Waals surface area contributed by atoms with Gasteiger partial charge in [0.1, 0.15) is 0 Å². The molecule has 0 bridgehead atoms. The predicted octanol–water partition coefficient (Wildman–Crippen LogP) is 3.46. The van der Waals surface area contributed by atoms with Crippen LogP contribution in [0.2, 0.25) is 0 Å². The Labute approximate surface area is 89.8 Å². The molecule has 14 heavy (non-hydrogen) atoms. The van der Waals surface area contributed by atoms with Crippen molar-refractivity contribution in [2.24, 2.45) is 0 Å². The number of aliphatic hydroxyl groups excluding tert-OH is 1. The summed E-state index contributed by atoms with van der Waals surface area (Å²) in [6.45, 7) is 2.13. The monoisotopic (exact) mass is 210 g/mol. The first-order valence-electron chi connectivity index (χ1n) is 5.60. The van der Waals surface area contributed by atoms with Gasteiger partial charge in [0.05, 0.1) is 6.10 Å². The molecule has 0 saturated heterocycles. The van der Waals surface area contributed by atoms with E-state index < -0.39 is 0 Å². The number of rotatable bonds is 3. The lowest BCUT2D eigenvalue weighted by molar-refractivity contribution is 0.165. The van der Waals surface area contributed by atoms with Crippen LogP contribution < -0.4 is 0 Å². The van der Waals surface area contributed by atoms with Crippen molar-refractivity contribution in [2.45, 2.75) is 51.6 Å². The molecule has 1 nitrogen and oxygen atoms in total. The highest BCUT2D eigenvalue weighted by molar-refractivity contribution is 7.10. The van der Waals surface area contributed by atoms with Gasteiger partial charge in [-0.15, -0.1) is 11.3 Å². The summed E-state index contributed by atoms with van der Waals surface area (Å²) in [6, 6.07) is 0. The first kappa shape index (κ1) is 10.2. The summed E-state index contributed by atoms with van der Waals surface area (Å²) < 4.78 is 0. The van der Waals surface area contributed by atoms with Crippen LogP contribution in [0.3, 0.4) is 0 Å². The maximum atomic E-state index is 9.97. The Morgan fingerprint density at radius 2 is 2.21 bits per heavy atom. The van der Waals surface area contributed by atoms with E-state index >= 15 is 0 Å². The maximum Gasteiger partial charge on any atom is 0.0800 e. The van der Waals surface area contributed by atoms with E-state index in [4.69, 9.17) is 0 Å². The largest absolute Gasteiger partial charge is 0.388 e. The summed E-state index contributed by atoms with van der Waals surface area (Å²) in [4.78, 5) is 1.53. The SMILES string of the molecule is CCCC(O)c1csc2c1CCCC2. The number of fused-ring (bicyclic) bond motifs is 1. The lowest BCUT2D eigenvalue weighted by atomic mass is 9.93. The lowest BCUT2D eigenvalue weighted by Gasteiger charge is -2.15. The van der Waals surface area contributed by atoms with Gasteiger partial charge in [0.25, 0.3) is 0 Å².